The fourth-order valence-electron chi connectivity index (χ4n) is 2.66. The van der Waals surface area contributed by atoms with Gasteiger partial charge in [-0.2, -0.15) is 0 Å². The van der Waals surface area contributed by atoms with Crippen molar-refractivity contribution in [3.05, 3.63) is 34.7 Å². The number of hydrogen-bond donors (Lipinski definition) is 2. The molecule has 1 unspecified atom stereocenters. The molecule has 1 amide bonds. The number of halogens is 1. The topological polar surface area (TPSA) is 54.0 Å². The maximum absolute atomic E-state index is 12.1. The lowest BCUT2D eigenvalue weighted by Gasteiger charge is -2.08. The molecule has 2 aromatic rings. The van der Waals surface area contributed by atoms with E-state index in [0.29, 0.717) is 5.13 Å². The molecular weight excluding hydrogens is 318 g/mol. The van der Waals surface area contributed by atoms with Gasteiger partial charge in [0.05, 0.1) is 11.7 Å². The number of hydrogen-bond acceptors (Lipinski definition) is 4. The molecule has 1 atom stereocenters. The van der Waals surface area contributed by atoms with Crippen LogP contribution in [0.4, 0.5) is 5.13 Å². The van der Waals surface area contributed by atoms with Crippen LogP contribution in [0, 0.1) is 13.8 Å². The molecule has 1 saturated heterocycles. The molecule has 0 radical (unpaired) electrons. The second-order valence-corrected chi connectivity index (χ2v) is 6.35. The van der Waals surface area contributed by atoms with Gasteiger partial charge in [0.2, 0.25) is 5.91 Å². The average molecular weight is 338 g/mol. The summed E-state index contributed by atoms with van der Waals surface area (Å²) in [5, 5.41) is 8.77. The summed E-state index contributed by atoms with van der Waals surface area (Å²) in [6, 6.07) is 6.25. The molecule has 118 valence electrons. The van der Waals surface area contributed by atoms with Gasteiger partial charge in [-0.15, -0.1) is 23.7 Å². The zero-order chi connectivity index (χ0) is 14.8. The third-order valence-electron chi connectivity index (χ3n) is 3.77. The van der Waals surface area contributed by atoms with Gasteiger partial charge in [0, 0.05) is 10.9 Å². The fourth-order valence-corrected chi connectivity index (χ4v) is 3.37. The Labute approximate surface area is 140 Å². The molecule has 4 nitrogen and oxygen atoms in total. The Morgan fingerprint density at radius 1 is 1.41 bits per heavy atom. The van der Waals surface area contributed by atoms with Crippen molar-refractivity contribution in [1.82, 2.24) is 10.3 Å². The summed E-state index contributed by atoms with van der Waals surface area (Å²) in [4.78, 5) is 16.6. The molecule has 1 aromatic carbocycles. The van der Waals surface area contributed by atoms with Gasteiger partial charge < -0.3 is 10.6 Å². The minimum absolute atomic E-state index is 0. The van der Waals surface area contributed by atoms with Crippen LogP contribution in [0.3, 0.4) is 0 Å². The number of anilines is 1. The SMILES string of the molecule is Cc1ccc(-c2csc(NC(=O)C3CCCN3)n2)c(C)c1.Cl. The van der Waals surface area contributed by atoms with Crippen LogP contribution in [0.25, 0.3) is 11.3 Å². The summed E-state index contributed by atoms with van der Waals surface area (Å²) in [6.07, 6.45) is 1.96. The average Bonchev–Trinajstić information content (AvgIpc) is 3.09. The van der Waals surface area contributed by atoms with Crippen LogP contribution in [0.15, 0.2) is 23.6 Å². The Balaban J connectivity index is 0.00000176. The van der Waals surface area contributed by atoms with Crippen molar-refractivity contribution in [1.29, 1.82) is 0 Å². The van der Waals surface area contributed by atoms with E-state index in [-0.39, 0.29) is 24.4 Å². The van der Waals surface area contributed by atoms with E-state index in [9.17, 15) is 4.79 Å². The molecule has 0 spiro atoms. The highest BCUT2D eigenvalue weighted by Crippen LogP contribution is 2.28. The Hall–Kier alpha value is -1.43. The van der Waals surface area contributed by atoms with Crippen molar-refractivity contribution in [2.45, 2.75) is 32.7 Å². The van der Waals surface area contributed by atoms with Gasteiger partial charge in [0.15, 0.2) is 5.13 Å². The predicted octanol–water partition coefficient (Wildman–Crippen LogP) is 3.54. The molecule has 6 heteroatoms. The third kappa shape index (κ3) is 3.66. The summed E-state index contributed by atoms with van der Waals surface area (Å²) in [5.74, 6) is 0.0222. The first-order valence-electron chi connectivity index (χ1n) is 7.21. The molecule has 3 rings (SSSR count). The molecule has 0 saturated carbocycles. The van der Waals surface area contributed by atoms with Crippen molar-refractivity contribution in [2.75, 3.05) is 11.9 Å². The summed E-state index contributed by atoms with van der Waals surface area (Å²) in [5.41, 5.74) is 4.49. The van der Waals surface area contributed by atoms with Crippen molar-refractivity contribution in [3.8, 4) is 11.3 Å². The first-order chi connectivity index (χ1) is 10.1. The minimum Gasteiger partial charge on any atom is -0.306 e. The molecule has 1 aromatic heterocycles. The van der Waals surface area contributed by atoms with E-state index in [4.69, 9.17) is 0 Å². The van der Waals surface area contributed by atoms with Crippen LogP contribution in [0.1, 0.15) is 24.0 Å². The first kappa shape index (κ1) is 16.9. The van der Waals surface area contributed by atoms with Crippen LogP contribution >= 0.6 is 23.7 Å². The number of amides is 1. The number of rotatable bonds is 3. The minimum atomic E-state index is -0.0709. The van der Waals surface area contributed by atoms with E-state index in [0.717, 1.165) is 30.6 Å². The molecule has 0 aliphatic carbocycles. The van der Waals surface area contributed by atoms with Crippen molar-refractivity contribution < 1.29 is 4.79 Å². The lowest BCUT2D eigenvalue weighted by Crippen LogP contribution is -2.35. The van der Waals surface area contributed by atoms with Gasteiger partial charge in [-0.25, -0.2) is 4.98 Å². The van der Waals surface area contributed by atoms with Crippen molar-refractivity contribution in [2.24, 2.45) is 0 Å². The number of thiazole rings is 1. The van der Waals surface area contributed by atoms with E-state index in [1.165, 1.54) is 22.5 Å². The molecule has 2 N–H and O–H groups in total. The van der Waals surface area contributed by atoms with Gasteiger partial charge in [-0.1, -0.05) is 23.8 Å². The van der Waals surface area contributed by atoms with Crippen LogP contribution in [-0.2, 0) is 4.79 Å². The first-order valence-corrected chi connectivity index (χ1v) is 8.09. The van der Waals surface area contributed by atoms with Crippen molar-refractivity contribution >= 4 is 34.8 Å². The number of carbonyl (C=O) groups excluding carboxylic acids is 1. The van der Waals surface area contributed by atoms with E-state index in [1.807, 2.05) is 5.38 Å². The maximum Gasteiger partial charge on any atom is 0.243 e. The monoisotopic (exact) mass is 337 g/mol. The third-order valence-corrected chi connectivity index (χ3v) is 4.53. The van der Waals surface area contributed by atoms with Gasteiger partial charge in [-0.05, 0) is 38.8 Å². The normalized spacial score (nSPS) is 17.1. The summed E-state index contributed by atoms with van der Waals surface area (Å²) in [7, 11) is 0. The fraction of sp³-hybridized carbons (Fsp3) is 0.375. The number of nitrogens with one attached hydrogen (secondary N) is 2. The van der Waals surface area contributed by atoms with E-state index in [2.05, 4.69) is 47.7 Å². The van der Waals surface area contributed by atoms with Crippen LogP contribution in [0.5, 0.6) is 0 Å². The zero-order valence-corrected chi connectivity index (χ0v) is 14.3. The van der Waals surface area contributed by atoms with Crippen LogP contribution in [0.2, 0.25) is 0 Å². The highest BCUT2D eigenvalue weighted by Gasteiger charge is 2.22. The Morgan fingerprint density at radius 2 is 2.23 bits per heavy atom. The smallest absolute Gasteiger partial charge is 0.243 e. The zero-order valence-electron chi connectivity index (χ0n) is 12.7. The second kappa shape index (κ2) is 7.22. The van der Waals surface area contributed by atoms with E-state index in [1.54, 1.807) is 0 Å². The number of nitrogens with zero attached hydrogens (tertiary/aromatic N) is 1. The molecule has 1 fully saturated rings. The number of aryl methyl sites for hydroxylation is 2. The molecular formula is C16H20ClN3OS. The van der Waals surface area contributed by atoms with Gasteiger partial charge in [0.1, 0.15) is 0 Å². The molecule has 1 aliphatic rings. The maximum atomic E-state index is 12.1. The highest BCUT2D eigenvalue weighted by atomic mass is 35.5. The largest absolute Gasteiger partial charge is 0.306 e. The Kier molecular flexibility index (Phi) is 5.56. The predicted molar refractivity (Wildman–Crippen MR) is 93.9 cm³/mol. The van der Waals surface area contributed by atoms with Gasteiger partial charge >= 0.3 is 0 Å². The van der Waals surface area contributed by atoms with Crippen LogP contribution < -0.4 is 10.6 Å². The Bertz CT molecular complexity index is 665. The van der Waals surface area contributed by atoms with Gasteiger partial charge in [0.25, 0.3) is 0 Å². The van der Waals surface area contributed by atoms with Gasteiger partial charge in [-0.3, -0.25) is 4.79 Å². The van der Waals surface area contributed by atoms with Crippen molar-refractivity contribution in [3.63, 3.8) is 0 Å². The number of benzene rings is 1. The van der Waals surface area contributed by atoms with E-state index >= 15 is 0 Å². The van der Waals surface area contributed by atoms with Crippen LogP contribution in [-0.4, -0.2) is 23.5 Å². The number of aromatic nitrogens is 1. The number of carbonyl (C=O) groups is 1. The van der Waals surface area contributed by atoms with E-state index < -0.39 is 0 Å². The standard InChI is InChI=1S/C16H19N3OS.ClH/c1-10-5-6-12(11(2)8-10)14-9-21-16(18-14)19-15(20)13-4-3-7-17-13;/h5-6,8-9,13,17H,3-4,7H2,1-2H3,(H,18,19,20);1H. The Morgan fingerprint density at radius 3 is 2.91 bits per heavy atom. The quantitative estimate of drug-likeness (QED) is 0.900. The lowest BCUT2D eigenvalue weighted by atomic mass is 10.0. The summed E-state index contributed by atoms with van der Waals surface area (Å²) >= 11 is 1.47. The summed E-state index contributed by atoms with van der Waals surface area (Å²) in [6.45, 7) is 5.09. The molecule has 0 bridgehead atoms. The molecule has 2 heterocycles. The molecule has 22 heavy (non-hydrogen) atoms. The molecule has 1 aliphatic heterocycles. The second-order valence-electron chi connectivity index (χ2n) is 5.49. The lowest BCUT2D eigenvalue weighted by molar-refractivity contribution is -0.117. The summed E-state index contributed by atoms with van der Waals surface area (Å²) < 4.78 is 0. The highest BCUT2D eigenvalue weighted by molar-refractivity contribution is 7.14.